The largest absolute Gasteiger partial charge is 0.480 e. The summed E-state index contributed by atoms with van der Waals surface area (Å²) in [6.45, 7) is 8.26. The fourth-order valence-electron chi connectivity index (χ4n) is 5.28. The molecule has 0 aromatic heterocycles. The number of hydrogen-bond acceptors (Lipinski definition) is 12. The first-order valence-electron chi connectivity index (χ1n) is 15.0. The second-order valence-electron chi connectivity index (χ2n) is 11.2. The number of nitrogens with two attached hydrogens (primary N) is 2. The van der Waals surface area contributed by atoms with Gasteiger partial charge in [0.2, 0.25) is 5.76 Å². The molecule has 1 heterocycles. The SMILES string of the molecule is CC(=O)C[C@H]1[C@H]([C@H](O)[C@H](O)CO)OC(C(=O)O)=C[C@@H]1NC(N)=O.CCOC(=O)C1=C[C@@H](OC(CC)CC)[C@H](CC(C)=O)[C@@H](N)C1. The summed E-state index contributed by atoms with van der Waals surface area (Å²) in [4.78, 5) is 57.2. The average Bonchev–Trinajstić information content (AvgIpc) is 2.96. The molecular weight excluding hydrogens is 594 g/mol. The number of aliphatic hydroxyl groups excluding tert-OH is 3. The van der Waals surface area contributed by atoms with Gasteiger partial charge in [0.15, 0.2) is 0 Å². The Morgan fingerprint density at radius 3 is 2.07 bits per heavy atom. The lowest BCUT2D eigenvalue weighted by Gasteiger charge is -2.39. The number of aliphatic hydroxyl groups is 3. The molecule has 15 nitrogen and oxygen atoms in total. The fourth-order valence-corrected chi connectivity index (χ4v) is 5.28. The van der Waals surface area contributed by atoms with Crippen molar-refractivity contribution in [1.82, 2.24) is 5.32 Å². The summed E-state index contributed by atoms with van der Waals surface area (Å²) in [5.74, 6) is -3.55. The highest BCUT2D eigenvalue weighted by Gasteiger charge is 2.44. The number of ketones is 2. The van der Waals surface area contributed by atoms with E-state index in [-0.39, 0.29) is 48.1 Å². The van der Waals surface area contributed by atoms with Gasteiger partial charge in [-0.2, -0.15) is 0 Å². The van der Waals surface area contributed by atoms with Gasteiger partial charge in [-0.25, -0.2) is 14.4 Å². The van der Waals surface area contributed by atoms with Crippen LogP contribution in [0.1, 0.15) is 66.7 Å². The second-order valence-corrected chi connectivity index (χ2v) is 11.2. The molecule has 2 amide bonds. The molecule has 1 aliphatic carbocycles. The summed E-state index contributed by atoms with van der Waals surface area (Å²) in [5.41, 5.74) is 11.8. The molecule has 0 bridgehead atoms. The van der Waals surface area contributed by atoms with Crippen LogP contribution in [0.25, 0.3) is 0 Å². The van der Waals surface area contributed by atoms with E-state index in [1.165, 1.54) is 6.92 Å². The van der Waals surface area contributed by atoms with Crippen molar-refractivity contribution in [3.05, 3.63) is 23.5 Å². The van der Waals surface area contributed by atoms with E-state index in [9.17, 15) is 34.2 Å². The molecule has 45 heavy (non-hydrogen) atoms. The molecule has 9 N–H and O–H groups in total. The zero-order chi connectivity index (χ0) is 34.4. The summed E-state index contributed by atoms with van der Waals surface area (Å²) >= 11 is 0. The molecule has 2 rings (SSSR count). The molecule has 15 heteroatoms. The number of carboxylic acid groups (broad SMARTS) is 1. The van der Waals surface area contributed by atoms with Crippen molar-refractivity contribution in [2.24, 2.45) is 23.3 Å². The number of esters is 1. The first kappa shape index (κ1) is 39.7. The van der Waals surface area contributed by atoms with Crippen LogP contribution >= 0.6 is 0 Å². The Balaban J connectivity index is 0.000000450. The zero-order valence-corrected chi connectivity index (χ0v) is 26.5. The van der Waals surface area contributed by atoms with Gasteiger partial charge in [-0.05, 0) is 52.2 Å². The lowest BCUT2D eigenvalue weighted by Crippen LogP contribution is -2.55. The van der Waals surface area contributed by atoms with Crippen molar-refractivity contribution in [3.8, 4) is 0 Å². The number of ether oxygens (including phenoxy) is 3. The molecule has 0 aromatic carbocycles. The number of carbonyl (C=O) groups excluding carboxylic acids is 4. The molecule has 0 aromatic rings. The number of Topliss-reactive ketones (excluding diaryl/α,β-unsaturated/α-hetero) is 2. The minimum absolute atomic E-state index is 0.0868. The Hall–Kier alpha value is -3.37. The van der Waals surface area contributed by atoms with Crippen LogP contribution in [0.2, 0.25) is 0 Å². The molecule has 0 unspecified atom stereocenters. The number of amides is 2. The third kappa shape index (κ3) is 12.5. The Labute approximate surface area is 262 Å². The topological polar surface area (TPSA) is 258 Å². The fraction of sp³-hybridized carbons (Fsp3) is 0.700. The van der Waals surface area contributed by atoms with Gasteiger partial charge < -0.3 is 61.0 Å². The van der Waals surface area contributed by atoms with Gasteiger partial charge in [0.25, 0.3) is 0 Å². The number of primary amides is 1. The molecule has 256 valence electrons. The quantitative estimate of drug-likeness (QED) is 0.117. The maximum Gasteiger partial charge on any atom is 0.370 e. The summed E-state index contributed by atoms with van der Waals surface area (Å²) in [6.07, 6.45) is 0.446. The Morgan fingerprint density at radius 2 is 1.60 bits per heavy atom. The van der Waals surface area contributed by atoms with Crippen molar-refractivity contribution in [2.75, 3.05) is 13.2 Å². The first-order valence-corrected chi connectivity index (χ1v) is 15.0. The monoisotopic (exact) mass is 643 g/mol. The number of hydrogen-bond donors (Lipinski definition) is 7. The van der Waals surface area contributed by atoms with Crippen LogP contribution in [-0.4, -0.2) is 106 Å². The predicted octanol–water partition coefficient (Wildman–Crippen LogP) is 0.0760. The lowest BCUT2D eigenvalue weighted by molar-refractivity contribution is -0.149. The molecular formula is C30H49N3O12. The smallest absolute Gasteiger partial charge is 0.370 e. The van der Waals surface area contributed by atoms with E-state index in [1.54, 1.807) is 13.8 Å². The van der Waals surface area contributed by atoms with E-state index in [4.69, 9.17) is 35.9 Å². The summed E-state index contributed by atoms with van der Waals surface area (Å²) < 4.78 is 16.3. The highest BCUT2D eigenvalue weighted by atomic mass is 16.5. The van der Waals surface area contributed by atoms with Gasteiger partial charge in [-0.3, -0.25) is 0 Å². The normalized spacial score (nSPS) is 25.7. The van der Waals surface area contributed by atoms with Crippen LogP contribution < -0.4 is 16.8 Å². The van der Waals surface area contributed by atoms with Crippen LogP contribution in [-0.2, 0) is 33.4 Å². The number of carboxylic acids is 1. The van der Waals surface area contributed by atoms with E-state index < -0.39 is 54.6 Å². The van der Waals surface area contributed by atoms with Crippen LogP contribution in [0.3, 0.4) is 0 Å². The third-order valence-electron chi connectivity index (χ3n) is 7.55. The van der Waals surface area contributed by atoms with E-state index in [2.05, 4.69) is 19.2 Å². The average molecular weight is 644 g/mol. The molecule has 0 fully saturated rings. The van der Waals surface area contributed by atoms with Crippen molar-refractivity contribution in [2.45, 2.75) is 109 Å². The molecule has 0 saturated carbocycles. The predicted molar refractivity (Wildman–Crippen MR) is 160 cm³/mol. The van der Waals surface area contributed by atoms with Gasteiger partial charge in [0.05, 0.1) is 31.5 Å². The molecule has 0 saturated heterocycles. The number of urea groups is 1. The maximum atomic E-state index is 12.0. The minimum atomic E-state index is -1.68. The number of aliphatic carboxylic acids is 1. The Morgan fingerprint density at radius 1 is 1.02 bits per heavy atom. The minimum Gasteiger partial charge on any atom is -0.480 e. The summed E-state index contributed by atoms with van der Waals surface area (Å²) in [5, 5.41) is 39.9. The van der Waals surface area contributed by atoms with Crippen molar-refractivity contribution in [1.29, 1.82) is 0 Å². The maximum absolute atomic E-state index is 12.0. The van der Waals surface area contributed by atoms with Crippen LogP contribution in [0.15, 0.2) is 23.5 Å². The summed E-state index contributed by atoms with van der Waals surface area (Å²) in [7, 11) is 0. The van der Waals surface area contributed by atoms with Gasteiger partial charge >= 0.3 is 18.0 Å². The summed E-state index contributed by atoms with van der Waals surface area (Å²) in [6, 6.07) is -2.23. The van der Waals surface area contributed by atoms with E-state index >= 15 is 0 Å². The Bertz CT molecular complexity index is 1090. The molecule has 1 aliphatic heterocycles. The van der Waals surface area contributed by atoms with Crippen LogP contribution in [0, 0.1) is 11.8 Å². The van der Waals surface area contributed by atoms with Crippen molar-refractivity contribution >= 4 is 29.5 Å². The van der Waals surface area contributed by atoms with Gasteiger partial charge in [0, 0.05) is 36.3 Å². The highest BCUT2D eigenvalue weighted by molar-refractivity contribution is 5.89. The molecule has 2 aliphatic rings. The standard InChI is InChI=1S/C17H29NO4.C13H20N2O8/c1-5-13(6-2)22-16-10-12(17(20)21-7-3)9-15(18)14(16)8-11(4)19;1-5(17)2-6-7(15-13(14)22)3-9(12(20)21)23-11(6)10(19)8(18)4-16/h10,13-16H,5-9,18H2,1-4H3;3,6-8,10-11,16,18-19H,2,4H2,1H3,(H,20,21)(H3,14,15,22)/t14-,15+,16-;6-,7+,8-,10-,11-/m11/s1. The third-order valence-corrected chi connectivity index (χ3v) is 7.55. The van der Waals surface area contributed by atoms with E-state index in [0.29, 0.717) is 25.0 Å². The van der Waals surface area contributed by atoms with E-state index in [1.807, 2.05) is 6.08 Å². The first-order chi connectivity index (χ1) is 21.1. The van der Waals surface area contributed by atoms with Crippen LogP contribution in [0.5, 0.6) is 0 Å². The Kier molecular flexibility index (Phi) is 16.9. The molecule has 8 atom stereocenters. The molecule has 0 radical (unpaired) electrons. The van der Waals surface area contributed by atoms with Gasteiger partial charge in [-0.15, -0.1) is 0 Å². The van der Waals surface area contributed by atoms with E-state index in [0.717, 1.165) is 18.9 Å². The number of nitrogens with one attached hydrogen (secondary N) is 1. The zero-order valence-electron chi connectivity index (χ0n) is 26.5. The lowest BCUT2D eigenvalue weighted by atomic mass is 9.80. The number of rotatable bonds is 15. The van der Waals surface area contributed by atoms with Gasteiger partial charge in [-0.1, -0.05) is 13.8 Å². The van der Waals surface area contributed by atoms with Gasteiger partial charge in [0.1, 0.15) is 29.9 Å². The number of carbonyl (C=O) groups is 5. The highest BCUT2D eigenvalue weighted by Crippen LogP contribution is 2.31. The van der Waals surface area contributed by atoms with Crippen molar-refractivity contribution in [3.63, 3.8) is 0 Å². The molecule has 0 spiro atoms. The second kappa shape index (κ2) is 19.2. The van der Waals surface area contributed by atoms with Crippen LogP contribution in [0.4, 0.5) is 4.79 Å². The van der Waals surface area contributed by atoms with Crippen molar-refractivity contribution < 1.29 is 58.6 Å².